The molecule has 2 rings (SSSR count). The Morgan fingerprint density at radius 1 is 1.48 bits per heavy atom. The maximum absolute atomic E-state index is 13.0. The number of aryl methyl sites for hydroxylation is 1. The third-order valence-corrected chi connectivity index (χ3v) is 5.15. The Bertz CT molecular complexity index is 592. The molecule has 1 heterocycles. The smallest absolute Gasteiger partial charge is 0.240 e. The summed E-state index contributed by atoms with van der Waals surface area (Å²) in [6.45, 7) is 4.26. The van der Waals surface area contributed by atoms with Gasteiger partial charge in [0.25, 0.3) is 0 Å². The van der Waals surface area contributed by atoms with E-state index in [9.17, 15) is 12.8 Å². The molecule has 0 saturated carbocycles. The second-order valence-electron chi connectivity index (χ2n) is 5.35. The van der Waals surface area contributed by atoms with Gasteiger partial charge in [0.1, 0.15) is 5.82 Å². The van der Waals surface area contributed by atoms with Crippen LogP contribution < -0.4 is 4.72 Å². The van der Waals surface area contributed by atoms with Crippen molar-refractivity contribution in [2.45, 2.75) is 24.3 Å². The number of likely N-dealkylation sites (N-methyl/N-ethyl adjacent to an activating group) is 1. The van der Waals surface area contributed by atoms with Crippen LogP contribution in [0.1, 0.15) is 12.0 Å². The fourth-order valence-corrected chi connectivity index (χ4v) is 3.66. The molecule has 7 heteroatoms. The highest BCUT2D eigenvalue weighted by molar-refractivity contribution is 7.89. The summed E-state index contributed by atoms with van der Waals surface area (Å²) < 4.78 is 45.5. The molecule has 118 valence electrons. The summed E-state index contributed by atoms with van der Waals surface area (Å²) >= 11 is 0. The van der Waals surface area contributed by atoms with E-state index in [-0.39, 0.29) is 11.0 Å². The number of nitrogens with zero attached hydrogens (tertiary/aromatic N) is 1. The fraction of sp³-hybridized carbons (Fsp3) is 0.571. The first-order valence-corrected chi connectivity index (χ1v) is 8.43. The predicted octanol–water partition coefficient (Wildman–Crippen LogP) is 1.13. The molecule has 0 spiro atoms. The van der Waals surface area contributed by atoms with Crippen LogP contribution in [-0.4, -0.2) is 52.7 Å². The van der Waals surface area contributed by atoms with Gasteiger partial charge >= 0.3 is 0 Å². The summed E-state index contributed by atoms with van der Waals surface area (Å²) in [5.74, 6) is -0.440. The van der Waals surface area contributed by atoms with E-state index in [0.717, 1.165) is 19.2 Å². The Hall–Kier alpha value is -1.02. The van der Waals surface area contributed by atoms with E-state index >= 15 is 0 Å². The molecule has 1 aromatic rings. The van der Waals surface area contributed by atoms with Crippen molar-refractivity contribution in [1.29, 1.82) is 0 Å². The van der Waals surface area contributed by atoms with Gasteiger partial charge < -0.3 is 9.64 Å². The number of benzene rings is 1. The molecule has 1 saturated heterocycles. The first-order valence-electron chi connectivity index (χ1n) is 6.94. The Labute approximate surface area is 125 Å². The van der Waals surface area contributed by atoms with Gasteiger partial charge in [-0.1, -0.05) is 0 Å². The van der Waals surface area contributed by atoms with Gasteiger partial charge in [-0.3, -0.25) is 0 Å². The van der Waals surface area contributed by atoms with Gasteiger partial charge in [0, 0.05) is 19.6 Å². The standard InChI is InChI=1S/C14H21FN2O3S/c1-11-9-12(15)3-4-14(11)21(18,19)16-6-5-13-10-17(2)7-8-20-13/h3-4,9,13,16H,5-8,10H2,1-2H3. The van der Waals surface area contributed by atoms with Gasteiger partial charge in [-0.25, -0.2) is 17.5 Å². The topological polar surface area (TPSA) is 58.6 Å². The van der Waals surface area contributed by atoms with E-state index in [1.54, 1.807) is 6.92 Å². The highest BCUT2D eigenvalue weighted by Gasteiger charge is 2.20. The average molecular weight is 316 g/mol. The maximum Gasteiger partial charge on any atom is 0.240 e. The van der Waals surface area contributed by atoms with E-state index in [0.29, 0.717) is 25.1 Å². The summed E-state index contributed by atoms with van der Waals surface area (Å²) in [5, 5.41) is 0. The molecular weight excluding hydrogens is 295 g/mol. The van der Waals surface area contributed by atoms with Crippen LogP contribution in [0.5, 0.6) is 0 Å². The third kappa shape index (κ3) is 4.47. The molecule has 21 heavy (non-hydrogen) atoms. The van der Waals surface area contributed by atoms with Crippen molar-refractivity contribution in [3.63, 3.8) is 0 Å². The molecule has 0 aromatic heterocycles. The van der Waals surface area contributed by atoms with E-state index in [1.807, 2.05) is 7.05 Å². The number of ether oxygens (including phenoxy) is 1. The number of morpholine rings is 1. The molecule has 0 bridgehead atoms. The van der Waals surface area contributed by atoms with Crippen molar-refractivity contribution in [2.75, 3.05) is 33.3 Å². The Morgan fingerprint density at radius 2 is 2.24 bits per heavy atom. The van der Waals surface area contributed by atoms with Crippen molar-refractivity contribution in [3.8, 4) is 0 Å². The zero-order valence-electron chi connectivity index (χ0n) is 12.3. The SMILES string of the molecule is Cc1cc(F)ccc1S(=O)(=O)NCCC1CN(C)CCO1. The number of nitrogens with one attached hydrogen (secondary N) is 1. The molecule has 0 amide bonds. The molecule has 0 radical (unpaired) electrons. The number of sulfonamides is 1. The van der Waals surface area contributed by atoms with Crippen LogP contribution in [0.3, 0.4) is 0 Å². The lowest BCUT2D eigenvalue weighted by Crippen LogP contribution is -2.41. The monoisotopic (exact) mass is 316 g/mol. The average Bonchev–Trinajstić information content (AvgIpc) is 2.38. The van der Waals surface area contributed by atoms with Gasteiger partial charge in [0.2, 0.25) is 10.0 Å². The molecule has 1 aliphatic rings. The minimum Gasteiger partial charge on any atom is -0.376 e. The van der Waals surface area contributed by atoms with E-state index in [2.05, 4.69) is 9.62 Å². The number of rotatable bonds is 5. The van der Waals surface area contributed by atoms with E-state index < -0.39 is 15.8 Å². The Morgan fingerprint density at radius 3 is 2.90 bits per heavy atom. The van der Waals surface area contributed by atoms with E-state index in [1.165, 1.54) is 12.1 Å². The number of hydrogen-bond donors (Lipinski definition) is 1. The molecule has 1 unspecified atom stereocenters. The zero-order chi connectivity index (χ0) is 15.5. The molecule has 1 N–H and O–H groups in total. The van der Waals surface area contributed by atoms with Crippen molar-refractivity contribution < 1.29 is 17.5 Å². The first kappa shape index (κ1) is 16.4. The van der Waals surface area contributed by atoms with Crippen LogP contribution in [0.4, 0.5) is 4.39 Å². The van der Waals surface area contributed by atoms with Crippen LogP contribution in [-0.2, 0) is 14.8 Å². The second kappa shape index (κ2) is 6.83. The van der Waals surface area contributed by atoms with Crippen LogP contribution in [0.25, 0.3) is 0 Å². The summed E-state index contributed by atoms with van der Waals surface area (Å²) in [6.07, 6.45) is 0.657. The molecule has 0 aliphatic carbocycles. The summed E-state index contributed by atoms with van der Waals surface area (Å²) in [6, 6.07) is 3.66. The fourth-order valence-electron chi connectivity index (χ4n) is 2.39. The van der Waals surface area contributed by atoms with Crippen LogP contribution >= 0.6 is 0 Å². The van der Waals surface area contributed by atoms with Crippen molar-refractivity contribution in [3.05, 3.63) is 29.6 Å². The minimum atomic E-state index is -3.61. The number of halogens is 1. The van der Waals surface area contributed by atoms with Gasteiger partial charge in [0.05, 0.1) is 17.6 Å². The molecule has 5 nitrogen and oxygen atoms in total. The Kier molecular flexibility index (Phi) is 5.32. The molecule has 1 aliphatic heterocycles. The molecule has 1 fully saturated rings. The van der Waals surface area contributed by atoms with Gasteiger partial charge in [-0.05, 0) is 44.2 Å². The second-order valence-corrected chi connectivity index (χ2v) is 7.09. The normalized spacial score (nSPS) is 20.6. The van der Waals surface area contributed by atoms with Crippen molar-refractivity contribution in [1.82, 2.24) is 9.62 Å². The number of hydrogen-bond acceptors (Lipinski definition) is 4. The lowest BCUT2D eigenvalue weighted by molar-refractivity contribution is -0.0222. The quantitative estimate of drug-likeness (QED) is 0.885. The lowest BCUT2D eigenvalue weighted by atomic mass is 10.2. The van der Waals surface area contributed by atoms with Crippen LogP contribution in [0.15, 0.2) is 23.1 Å². The molecule has 1 atom stereocenters. The first-order chi connectivity index (χ1) is 9.88. The van der Waals surface area contributed by atoms with Gasteiger partial charge in [-0.15, -0.1) is 0 Å². The van der Waals surface area contributed by atoms with Crippen LogP contribution in [0, 0.1) is 12.7 Å². The Balaban J connectivity index is 1.92. The zero-order valence-corrected chi connectivity index (χ0v) is 13.1. The third-order valence-electron chi connectivity index (χ3n) is 3.53. The highest BCUT2D eigenvalue weighted by Crippen LogP contribution is 2.16. The summed E-state index contributed by atoms with van der Waals surface area (Å²) in [7, 11) is -1.59. The minimum absolute atomic E-state index is 0.0424. The maximum atomic E-state index is 13.0. The van der Waals surface area contributed by atoms with E-state index in [4.69, 9.17) is 4.74 Å². The molecule has 1 aromatic carbocycles. The largest absolute Gasteiger partial charge is 0.376 e. The lowest BCUT2D eigenvalue weighted by Gasteiger charge is -2.30. The predicted molar refractivity (Wildman–Crippen MR) is 78.2 cm³/mol. The molecular formula is C14H21FN2O3S. The van der Waals surface area contributed by atoms with Gasteiger partial charge in [-0.2, -0.15) is 0 Å². The van der Waals surface area contributed by atoms with Crippen molar-refractivity contribution in [2.24, 2.45) is 0 Å². The summed E-state index contributed by atoms with van der Waals surface area (Å²) in [5.41, 5.74) is 0.399. The highest BCUT2D eigenvalue weighted by atomic mass is 32.2. The summed E-state index contributed by atoms with van der Waals surface area (Å²) in [4.78, 5) is 2.28. The van der Waals surface area contributed by atoms with Gasteiger partial charge in [0.15, 0.2) is 0 Å². The van der Waals surface area contributed by atoms with Crippen molar-refractivity contribution >= 4 is 10.0 Å². The van der Waals surface area contributed by atoms with Crippen LogP contribution in [0.2, 0.25) is 0 Å².